The van der Waals surface area contributed by atoms with E-state index < -0.39 is 10.1 Å². The number of unbranched alkanes of at least 4 members (excludes halogenated alkanes) is 3. The molecule has 0 aliphatic carbocycles. The Morgan fingerprint density at radius 1 is 0.476 bits per heavy atom. The molecular formula is C29H51ClO11S. The fourth-order valence-corrected chi connectivity index (χ4v) is 4.35. The summed E-state index contributed by atoms with van der Waals surface area (Å²) < 4.78 is 72.6. The number of alkyl halides is 1. The number of rotatable bonds is 32. The van der Waals surface area contributed by atoms with Crippen molar-refractivity contribution in [2.24, 2.45) is 0 Å². The molecule has 0 aliphatic heterocycles. The minimum Gasteiger partial charge on any atom is -0.379 e. The molecule has 0 amide bonds. The smallest absolute Gasteiger partial charge is 0.297 e. The van der Waals surface area contributed by atoms with Crippen LogP contribution in [-0.4, -0.2) is 127 Å². The average Bonchev–Trinajstić information content (AvgIpc) is 2.98. The van der Waals surface area contributed by atoms with Gasteiger partial charge in [-0.3, -0.25) is 4.18 Å². The summed E-state index contributed by atoms with van der Waals surface area (Å²) in [4.78, 5) is 0.131. The van der Waals surface area contributed by atoms with Crippen LogP contribution in [0.5, 0.6) is 0 Å². The lowest BCUT2D eigenvalue weighted by Crippen LogP contribution is -2.15. The molecule has 0 aromatic heterocycles. The van der Waals surface area contributed by atoms with E-state index in [0.29, 0.717) is 92.5 Å². The maximum Gasteiger partial charge on any atom is 0.297 e. The van der Waals surface area contributed by atoms with Gasteiger partial charge in [0.15, 0.2) is 0 Å². The first-order valence-corrected chi connectivity index (χ1v) is 16.6. The van der Waals surface area contributed by atoms with Gasteiger partial charge in [0.1, 0.15) is 0 Å². The van der Waals surface area contributed by atoms with E-state index in [-0.39, 0.29) is 18.1 Å². The Kier molecular flexibility index (Phi) is 26.9. The lowest BCUT2D eigenvalue weighted by molar-refractivity contribution is -0.0236. The number of benzene rings is 1. The molecule has 1 aromatic carbocycles. The van der Waals surface area contributed by atoms with Gasteiger partial charge in [0, 0.05) is 12.5 Å². The van der Waals surface area contributed by atoms with Crippen molar-refractivity contribution < 1.29 is 50.5 Å². The van der Waals surface area contributed by atoms with Gasteiger partial charge < -0.3 is 37.9 Å². The molecule has 13 heteroatoms. The number of ether oxygens (including phenoxy) is 8. The summed E-state index contributed by atoms with van der Waals surface area (Å²) >= 11 is 5.64. The van der Waals surface area contributed by atoms with Crippen molar-refractivity contribution in [2.75, 3.05) is 118 Å². The fraction of sp³-hybridized carbons (Fsp3) is 0.793. The first-order chi connectivity index (χ1) is 20.6. The Morgan fingerprint density at radius 3 is 1.19 bits per heavy atom. The maximum atomic E-state index is 12.1. The summed E-state index contributed by atoms with van der Waals surface area (Å²) in [5, 5.41) is 0. The molecule has 42 heavy (non-hydrogen) atoms. The molecule has 0 saturated heterocycles. The zero-order valence-corrected chi connectivity index (χ0v) is 26.7. The predicted octanol–water partition coefficient (Wildman–Crippen LogP) is 3.63. The van der Waals surface area contributed by atoms with Gasteiger partial charge in [0.05, 0.1) is 111 Å². The largest absolute Gasteiger partial charge is 0.379 e. The van der Waals surface area contributed by atoms with E-state index in [1.54, 1.807) is 12.1 Å². The van der Waals surface area contributed by atoms with E-state index >= 15 is 0 Å². The highest BCUT2D eigenvalue weighted by molar-refractivity contribution is 7.86. The summed E-state index contributed by atoms with van der Waals surface area (Å²) in [5.41, 5.74) is 0.978. The average molecular weight is 643 g/mol. The highest BCUT2D eigenvalue weighted by Gasteiger charge is 2.14. The second-order valence-corrected chi connectivity index (χ2v) is 11.1. The van der Waals surface area contributed by atoms with Gasteiger partial charge in [-0.2, -0.15) is 8.42 Å². The molecule has 1 rings (SSSR count). The first-order valence-electron chi connectivity index (χ1n) is 14.7. The molecule has 0 bridgehead atoms. The van der Waals surface area contributed by atoms with Gasteiger partial charge in [-0.25, -0.2) is 0 Å². The third-order valence-electron chi connectivity index (χ3n) is 5.55. The van der Waals surface area contributed by atoms with Gasteiger partial charge >= 0.3 is 0 Å². The monoisotopic (exact) mass is 642 g/mol. The third kappa shape index (κ3) is 24.5. The van der Waals surface area contributed by atoms with Gasteiger partial charge in [0.2, 0.25) is 0 Å². The molecule has 0 N–H and O–H groups in total. The molecule has 0 radical (unpaired) electrons. The van der Waals surface area contributed by atoms with Gasteiger partial charge in [-0.1, -0.05) is 30.5 Å². The van der Waals surface area contributed by atoms with E-state index in [1.165, 1.54) is 12.1 Å². The highest BCUT2D eigenvalue weighted by atomic mass is 35.5. The Bertz CT molecular complexity index is 812. The summed E-state index contributed by atoms with van der Waals surface area (Å²) in [6.45, 7) is 9.56. The van der Waals surface area contributed by atoms with Gasteiger partial charge in [-0.15, -0.1) is 11.6 Å². The zero-order chi connectivity index (χ0) is 30.4. The molecule has 0 aliphatic rings. The van der Waals surface area contributed by atoms with Gasteiger partial charge in [-0.05, 0) is 31.9 Å². The summed E-state index contributed by atoms with van der Waals surface area (Å²) in [6, 6.07) is 6.49. The SMILES string of the molecule is Cc1ccc(S(=O)(=O)OCCOCCOCCOCCOCCOCCOCCOCCOCCCCCCCl)cc1. The van der Waals surface area contributed by atoms with Crippen LogP contribution in [0, 0.1) is 6.92 Å². The van der Waals surface area contributed by atoms with E-state index in [2.05, 4.69) is 0 Å². The number of hydrogen-bond donors (Lipinski definition) is 0. The van der Waals surface area contributed by atoms with Crippen LogP contribution in [0.2, 0.25) is 0 Å². The molecule has 0 spiro atoms. The van der Waals surface area contributed by atoms with Crippen molar-refractivity contribution in [3.63, 3.8) is 0 Å². The van der Waals surface area contributed by atoms with Crippen molar-refractivity contribution in [3.05, 3.63) is 29.8 Å². The van der Waals surface area contributed by atoms with Gasteiger partial charge in [0.25, 0.3) is 10.1 Å². The Hall–Kier alpha value is -0.900. The van der Waals surface area contributed by atoms with Crippen molar-refractivity contribution in [1.29, 1.82) is 0 Å². The maximum absolute atomic E-state index is 12.1. The molecule has 0 heterocycles. The second kappa shape index (κ2) is 28.8. The molecular weight excluding hydrogens is 592 g/mol. The van der Waals surface area contributed by atoms with Crippen LogP contribution < -0.4 is 0 Å². The lowest BCUT2D eigenvalue weighted by Gasteiger charge is -2.09. The van der Waals surface area contributed by atoms with E-state index in [1.807, 2.05) is 6.92 Å². The molecule has 246 valence electrons. The van der Waals surface area contributed by atoms with E-state index in [9.17, 15) is 8.42 Å². The Balaban J connectivity index is 1.70. The molecule has 0 atom stereocenters. The highest BCUT2D eigenvalue weighted by Crippen LogP contribution is 2.12. The topological polar surface area (TPSA) is 117 Å². The van der Waals surface area contributed by atoms with Crippen LogP contribution in [0.15, 0.2) is 29.2 Å². The van der Waals surface area contributed by atoms with E-state index in [0.717, 1.165) is 43.7 Å². The summed E-state index contributed by atoms with van der Waals surface area (Å²) in [7, 11) is -3.77. The molecule has 0 saturated carbocycles. The van der Waals surface area contributed by atoms with Crippen molar-refractivity contribution in [3.8, 4) is 0 Å². The zero-order valence-electron chi connectivity index (χ0n) is 25.1. The standard InChI is InChI=1S/C29H51ClO11S/c1-28-6-8-29(9-7-28)42(31,32)41-27-26-40-25-24-39-23-22-38-21-20-37-19-18-36-17-16-35-15-14-34-13-12-33-11-5-3-2-4-10-30/h6-9H,2-5,10-27H2,1H3. The molecule has 1 aromatic rings. The second-order valence-electron chi connectivity index (χ2n) is 9.09. The Morgan fingerprint density at radius 2 is 0.810 bits per heavy atom. The van der Waals surface area contributed by atoms with Crippen LogP contribution in [-0.2, 0) is 52.2 Å². The van der Waals surface area contributed by atoms with Crippen LogP contribution in [0.1, 0.15) is 31.2 Å². The fourth-order valence-electron chi connectivity index (χ4n) is 3.27. The van der Waals surface area contributed by atoms with Crippen molar-refractivity contribution in [2.45, 2.75) is 37.5 Å². The normalized spacial score (nSPS) is 11.9. The molecule has 11 nitrogen and oxygen atoms in total. The van der Waals surface area contributed by atoms with E-state index in [4.69, 9.17) is 53.7 Å². The van der Waals surface area contributed by atoms with Crippen molar-refractivity contribution in [1.82, 2.24) is 0 Å². The summed E-state index contributed by atoms with van der Waals surface area (Å²) in [6.07, 6.45) is 4.47. The Labute approximate surface area is 257 Å². The third-order valence-corrected chi connectivity index (χ3v) is 7.15. The van der Waals surface area contributed by atoms with Crippen molar-refractivity contribution >= 4 is 21.7 Å². The quantitative estimate of drug-likeness (QED) is 0.0651. The minimum atomic E-state index is -3.77. The minimum absolute atomic E-state index is 0.0542. The van der Waals surface area contributed by atoms with Crippen LogP contribution in [0.3, 0.4) is 0 Å². The molecule has 0 fully saturated rings. The number of halogens is 1. The van der Waals surface area contributed by atoms with Crippen LogP contribution in [0.25, 0.3) is 0 Å². The predicted molar refractivity (Wildman–Crippen MR) is 160 cm³/mol. The lowest BCUT2D eigenvalue weighted by atomic mass is 10.2. The van der Waals surface area contributed by atoms with Crippen LogP contribution >= 0.6 is 11.6 Å². The number of aryl methyl sites for hydroxylation is 1. The molecule has 0 unspecified atom stereocenters. The number of hydrogen-bond acceptors (Lipinski definition) is 11. The first kappa shape index (κ1) is 39.1. The summed E-state index contributed by atoms with van der Waals surface area (Å²) in [5.74, 6) is 0.737. The van der Waals surface area contributed by atoms with Crippen LogP contribution in [0.4, 0.5) is 0 Å².